The molecule has 0 N–H and O–H groups in total. The van der Waals surface area contributed by atoms with E-state index in [4.69, 9.17) is 5.26 Å². The lowest BCUT2D eigenvalue weighted by molar-refractivity contribution is 0.407. The topological polar surface area (TPSA) is 61.2 Å². The van der Waals surface area contributed by atoms with Crippen molar-refractivity contribution in [1.82, 2.24) is 4.31 Å². The second-order valence-electron chi connectivity index (χ2n) is 5.19. The Morgan fingerprint density at radius 2 is 1.64 bits per heavy atom. The molecular weight excluding hydrogens is 379 g/mol. The third kappa shape index (κ3) is 3.96. The normalized spacial score (nSPS) is 11.6. The fourth-order valence-corrected chi connectivity index (χ4v) is 5.30. The number of thiophene rings is 2. The van der Waals surface area contributed by atoms with Crippen molar-refractivity contribution >= 4 is 32.7 Å². The quantitative estimate of drug-likeness (QED) is 0.631. The van der Waals surface area contributed by atoms with E-state index in [-0.39, 0.29) is 23.5 Å². The molecule has 3 rings (SSSR count). The van der Waals surface area contributed by atoms with E-state index in [0.717, 1.165) is 21.9 Å². The Balaban J connectivity index is 1.99. The fraction of sp³-hybridized carbons (Fsp3) is 0.118. The van der Waals surface area contributed by atoms with Gasteiger partial charge in [-0.25, -0.2) is 12.8 Å². The summed E-state index contributed by atoms with van der Waals surface area (Å²) < 4.78 is 41.0. The first kappa shape index (κ1) is 17.8. The van der Waals surface area contributed by atoms with Gasteiger partial charge in [0.15, 0.2) is 0 Å². The summed E-state index contributed by atoms with van der Waals surface area (Å²) >= 11 is 2.94. The highest BCUT2D eigenvalue weighted by atomic mass is 32.2. The highest BCUT2D eigenvalue weighted by Gasteiger charge is 2.26. The third-order valence-electron chi connectivity index (χ3n) is 3.52. The van der Waals surface area contributed by atoms with Crippen molar-refractivity contribution in [2.75, 3.05) is 0 Å². The maximum absolute atomic E-state index is 13.5. The first-order valence-corrected chi connectivity index (χ1v) is 10.4. The summed E-state index contributed by atoms with van der Waals surface area (Å²) in [7, 11) is -3.87. The lowest BCUT2D eigenvalue weighted by atomic mass is 10.2. The van der Waals surface area contributed by atoms with Crippen molar-refractivity contribution < 1.29 is 12.8 Å². The molecule has 1 aromatic carbocycles. The summed E-state index contributed by atoms with van der Waals surface area (Å²) in [5, 5.41) is 12.7. The first-order chi connectivity index (χ1) is 12.0. The van der Waals surface area contributed by atoms with Crippen LogP contribution in [0.2, 0.25) is 0 Å². The van der Waals surface area contributed by atoms with E-state index in [1.807, 2.05) is 35.0 Å². The van der Waals surface area contributed by atoms with Crippen molar-refractivity contribution in [2.45, 2.75) is 18.0 Å². The van der Waals surface area contributed by atoms with Crippen molar-refractivity contribution in [2.24, 2.45) is 0 Å². The minimum Gasteiger partial charge on any atom is -0.207 e. The number of nitriles is 1. The molecule has 2 aromatic heterocycles. The zero-order chi connectivity index (χ0) is 17.9. The van der Waals surface area contributed by atoms with Gasteiger partial charge in [0.05, 0.1) is 10.5 Å². The van der Waals surface area contributed by atoms with E-state index < -0.39 is 15.8 Å². The molecule has 2 heterocycles. The highest BCUT2D eigenvalue weighted by molar-refractivity contribution is 7.89. The van der Waals surface area contributed by atoms with Crippen LogP contribution < -0.4 is 0 Å². The van der Waals surface area contributed by atoms with E-state index in [2.05, 4.69) is 0 Å². The predicted molar refractivity (Wildman–Crippen MR) is 96.2 cm³/mol. The minimum absolute atomic E-state index is 0.0847. The van der Waals surface area contributed by atoms with Crippen LogP contribution in [0.5, 0.6) is 0 Å². The molecule has 0 aliphatic carbocycles. The zero-order valence-electron chi connectivity index (χ0n) is 12.9. The highest BCUT2D eigenvalue weighted by Crippen LogP contribution is 2.25. The molecule has 8 heteroatoms. The number of rotatable bonds is 6. The fourth-order valence-electron chi connectivity index (χ4n) is 2.28. The number of benzene rings is 1. The molecule has 0 amide bonds. The molecule has 0 aliphatic rings. The molecule has 0 unspecified atom stereocenters. The van der Waals surface area contributed by atoms with Gasteiger partial charge in [-0.3, -0.25) is 0 Å². The van der Waals surface area contributed by atoms with E-state index in [9.17, 15) is 12.8 Å². The Morgan fingerprint density at radius 3 is 2.12 bits per heavy atom. The second kappa shape index (κ2) is 7.45. The van der Waals surface area contributed by atoms with Gasteiger partial charge in [-0.15, -0.1) is 22.7 Å². The van der Waals surface area contributed by atoms with Crippen LogP contribution in [0.1, 0.15) is 15.3 Å². The van der Waals surface area contributed by atoms with E-state index in [1.165, 1.54) is 33.0 Å². The van der Waals surface area contributed by atoms with Gasteiger partial charge in [0.25, 0.3) is 0 Å². The number of hydrogen-bond donors (Lipinski definition) is 0. The van der Waals surface area contributed by atoms with Gasteiger partial charge in [0.1, 0.15) is 11.9 Å². The molecule has 0 fully saturated rings. The van der Waals surface area contributed by atoms with Crippen LogP contribution >= 0.6 is 22.7 Å². The SMILES string of the molecule is N#Cc1cc(S(=O)(=O)N(Cc2cccs2)Cc2cccs2)ccc1F. The molecular formula is C17H13FN2O2S3. The molecule has 0 radical (unpaired) electrons. The molecule has 0 saturated heterocycles. The van der Waals surface area contributed by atoms with Crippen LogP contribution in [0, 0.1) is 17.1 Å². The van der Waals surface area contributed by atoms with Gasteiger partial charge in [0.2, 0.25) is 10.0 Å². The molecule has 0 bridgehead atoms. The van der Waals surface area contributed by atoms with Gasteiger partial charge < -0.3 is 0 Å². The molecule has 0 aliphatic heterocycles. The van der Waals surface area contributed by atoms with Gasteiger partial charge in [-0.2, -0.15) is 9.57 Å². The largest absolute Gasteiger partial charge is 0.243 e. The van der Waals surface area contributed by atoms with Gasteiger partial charge in [-0.1, -0.05) is 12.1 Å². The summed E-state index contributed by atoms with van der Waals surface area (Å²) in [6, 6.07) is 12.4. The molecule has 4 nitrogen and oxygen atoms in total. The molecule has 0 spiro atoms. The van der Waals surface area contributed by atoms with Gasteiger partial charge in [-0.05, 0) is 41.1 Å². The van der Waals surface area contributed by atoms with Crippen molar-refractivity contribution in [3.05, 3.63) is 74.4 Å². The summed E-state index contributed by atoms with van der Waals surface area (Å²) in [6.07, 6.45) is 0. The smallest absolute Gasteiger partial charge is 0.207 e. The van der Waals surface area contributed by atoms with Crippen LogP contribution in [0.3, 0.4) is 0 Å². The summed E-state index contributed by atoms with van der Waals surface area (Å²) in [4.78, 5) is 1.73. The lowest BCUT2D eigenvalue weighted by Gasteiger charge is -2.21. The van der Waals surface area contributed by atoms with Crippen LogP contribution in [0.15, 0.2) is 58.1 Å². The van der Waals surface area contributed by atoms with E-state index in [0.29, 0.717) is 0 Å². The zero-order valence-corrected chi connectivity index (χ0v) is 15.4. The van der Waals surface area contributed by atoms with Crippen LogP contribution in [0.4, 0.5) is 4.39 Å². The summed E-state index contributed by atoms with van der Waals surface area (Å²) in [6.45, 7) is 0.439. The Hall–Kier alpha value is -2.05. The Kier molecular flexibility index (Phi) is 5.30. The van der Waals surface area contributed by atoms with Gasteiger partial charge in [0, 0.05) is 22.8 Å². The van der Waals surface area contributed by atoms with Crippen LogP contribution in [-0.2, 0) is 23.1 Å². The first-order valence-electron chi connectivity index (χ1n) is 7.25. The average Bonchev–Trinajstić information content (AvgIpc) is 3.28. The van der Waals surface area contributed by atoms with Crippen molar-refractivity contribution in [1.29, 1.82) is 5.26 Å². The third-order valence-corrected chi connectivity index (χ3v) is 7.03. The Bertz CT molecular complexity index is 955. The van der Waals surface area contributed by atoms with Crippen molar-refractivity contribution in [3.63, 3.8) is 0 Å². The maximum Gasteiger partial charge on any atom is 0.243 e. The predicted octanol–water partition coefficient (Wildman–Crippen LogP) is 4.21. The summed E-state index contributed by atoms with van der Waals surface area (Å²) in [5.41, 5.74) is -0.284. The number of sulfonamides is 1. The maximum atomic E-state index is 13.5. The number of halogens is 1. The molecule has 3 aromatic rings. The lowest BCUT2D eigenvalue weighted by Crippen LogP contribution is -2.29. The second-order valence-corrected chi connectivity index (χ2v) is 9.19. The van der Waals surface area contributed by atoms with E-state index in [1.54, 1.807) is 6.07 Å². The molecule has 128 valence electrons. The molecule has 0 saturated carbocycles. The van der Waals surface area contributed by atoms with Crippen molar-refractivity contribution in [3.8, 4) is 6.07 Å². The minimum atomic E-state index is -3.87. The number of nitrogens with zero attached hydrogens (tertiary/aromatic N) is 2. The van der Waals surface area contributed by atoms with E-state index >= 15 is 0 Å². The van der Waals surface area contributed by atoms with Crippen LogP contribution in [0.25, 0.3) is 0 Å². The Labute approximate surface area is 153 Å². The molecule has 25 heavy (non-hydrogen) atoms. The summed E-state index contributed by atoms with van der Waals surface area (Å²) in [5.74, 6) is -0.732. The van der Waals surface area contributed by atoms with Gasteiger partial charge >= 0.3 is 0 Å². The number of hydrogen-bond acceptors (Lipinski definition) is 5. The van der Waals surface area contributed by atoms with Crippen LogP contribution in [-0.4, -0.2) is 12.7 Å². The Morgan fingerprint density at radius 1 is 1.04 bits per heavy atom. The monoisotopic (exact) mass is 392 g/mol. The average molecular weight is 393 g/mol. The standard InChI is InChI=1S/C17H13FN2O2S3/c18-17-6-5-16(9-13(17)10-19)25(21,22)20(11-14-3-1-7-23-14)12-15-4-2-8-24-15/h1-9H,11-12H2. The molecule has 0 atom stereocenters.